The molecule has 0 spiro atoms. The average Bonchev–Trinajstić information content (AvgIpc) is 2.66. The normalized spacial score (nSPS) is 10.4. The second kappa shape index (κ2) is 9.07. The molecular formula is C21H26N2O4. The van der Waals surface area contributed by atoms with E-state index >= 15 is 0 Å². The first-order chi connectivity index (χ1) is 12.8. The number of carbonyl (C=O) groups is 2. The summed E-state index contributed by atoms with van der Waals surface area (Å²) in [5.74, 6) is 1.15. The topological polar surface area (TPSA) is 67.9 Å². The number of amides is 2. The molecular weight excluding hydrogens is 344 g/mol. The molecule has 0 aromatic heterocycles. The van der Waals surface area contributed by atoms with Crippen molar-refractivity contribution in [3.05, 3.63) is 53.6 Å². The van der Waals surface area contributed by atoms with Crippen LogP contribution in [-0.2, 0) is 0 Å². The van der Waals surface area contributed by atoms with Crippen LogP contribution in [-0.4, -0.2) is 44.5 Å². The monoisotopic (exact) mass is 370 g/mol. The molecule has 0 bridgehead atoms. The number of nitrogens with one attached hydrogen (secondary N) is 1. The van der Waals surface area contributed by atoms with Crippen LogP contribution in [0.25, 0.3) is 0 Å². The highest BCUT2D eigenvalue weighted by molar-refractivity contribution is 6.05. The van der Waals surface area contributed by atoms with Gasteiger partial charge in [0.05, 0.1) is 13.7 Å². The molecule has 1 N–H and O–H groups in total. The number of anilines is 1. The van der Waals surface area contributed by atoms with Crippen molar-refractivity contribution < 1.29 is 19.1 Å². The predicted octanol–water partition coefficient (Wildman–Crippen LogP) is 3.68. The average molecular weight is 370 g/mol. The van der Waals surface area contributed by atoms with E-state index in [4.69, 9.17) is 9.47 Å². The van der Waals surface area contributed by atoms with E-state index in [2.05, 4.69) is 19.2 Å². The van der Waals surface area contributed by atoms with Crippen LogP contribution in [0.5, 0.6) is 11.5 Å². The molecule has 0 aliphatic rings. The second-order valence-electron chi connectivity index (χ2n) is 6.80. The quantitative estimate of drug-likeness (QED) is 0.807. The molecule has 0 fully saturated rings. The van der Waals surface area contributed by atoms with Crippen molar-refractivity contribution in [3.8, 4) is 11.5 Å². The summed E-state index contributed by atoms with van der Waals surface area (Å²) in [6, 6.07) is 11.8. The minimum Gasteiger partial charge on any atom is -0.493 e. The Balaban J connectivity index is 2.10. The number of hydrogen-bond donors (Lipinski definition) is 1. The molecule has 144 valence electrons. The largest absolute Gasteiger partial charge is 0.493 e. The molecule has 0 saturated carbocycles. The van der Waals surface area contributed by atoms with Crippen LogP contribution in [0.1, 0.15) is 34.6 Å². The van der Waals surface area contributed by atoms with Gasteiger partial charge in [0.1, 0.15) is 0 Å². The lowest BCUT2D eigenvalue weighted by molar-refractivity contribution is 0.0827. The van der Waals surface area contributed by atoms with Gasteiger partial charge in [-0.1, -0.05) is 13.8 Å². The second-order valence-corrected chi connectivity index (χ2v) is 6.80. The van der Waals surface area contributed by atoms with E-state index in [1.54, 1.807) is 63.7 Å². The van der Waals surface area contributed by atoms with E-state index in [-0.39, 0.29) is 11.8 Å². The summed E-state index contributed by atoms with van der Waals surface area (Å²) < 4.78 is 11.0. The molecule has 2 aromatic carbocycles. The van der Waals surface area contributed by atoms with Crippen molar-refractivity contribution in [1.82, 2.24) is 4.90 Å². The van der Waals surface area contributed by atoms with Crippen molar-refractivity contribution in [1.29, 1.82) is 0 Å². The Hall–Kier alpha value is -3.02. The van der Waals surface area contributed by atoms with E-state index in [9.17, 15) is 9.59 Å². The number of benzene rings is 2. The molecule has 0 unspecified atom stereocenters. The molecule has 0 aliphatic carbocycles. The van der Waals surface area contributed by atoms with E-state index < -0.39 is 0 Å². The molecule has 0 saturated heterocycles. The minimum atomic E-state index is -0.268. The van der Waals surface area contributed by atoms with Crippen LogP contribution in [0.3, 0.4) is 0 Å². The predicted molar refractivity (Wildman–Crippen MR) is 106 cm³/mol. The fourth-order valence-electron chi connectivity index (χ4n) is 2.34. The number of methoxy groups -OCH3 is 1. The zero-order valence-electron chi connectivity index (χ0n) is 16.4. The zero-order valence-corrected chi connectivity index (χ0v) is 16.4. The van der Waals surface area contributed by atoms with Crippen LogP contribution < -0.4 is 14.8 Å². The maximum Gasteiger partial charge on any atom is 0.255 e. The summed E-state index contributed by atoms with van der Waals surface area (Å²) in [5.41, 5.74) is 1.62. The summed E-state index contributed by atoms with van der Waals surface area (Å²) in [7, 11) is 4.93. The third kappa shape index (κ3) is 5.48. The molecule has 6 nitrogen and oxygen atoms in total. The fourth-order valence-corrected chi connectivity index (χ4v) is 2.34. The fraction of sp³-hybridized carbons (Fsp3) is 0.333. The third-order valence-electron chi connectivity index (χ3n) is 3.79. The summed E-state index contributed by atoms with van der Waals surface area (Å²) in [6.45, 7) is 4.69. The van der Waals surface area contributed by atoms with Gasteiger partial charge in [0, 0.05) is 30.9 Å². The smallest absolute Gasteiger partial charge is 0.255 e. The molecule has 2 amide bonds. The molecule has 6 heteroatoms. The Morgan fingerprint density at radius 2 is 1.63 bits per heavy atom. The van der Waals surface area contributed by atoms with Gasteiger partial charge >= 0.3 is 0 Å². The number of ether oxygens (including phenoxy) is 2. The van der Waals surface area contributed by atoms with Gasteiger partial charge in [-0.2, -0.15) is 0 Å². The summed E-state index contributed by atoms with van der Waals surface area (Å²) in [6.07, 6.45) is 0. The molecule has 0 heterocycles. The highest BCUT2D eigenvalue weighted by Crippen LogP contribution is 2.29. The van der Waals surface area contributed by atoms with Crippen LogP contribution >= 0.6 is 0 Å². The Bertz CT molecular complexity index is 798. The Morgan fingerprint density at radius 1 is 1.00 bits per heavy atom. The van der Waals surface area contributed by atoms with Crippen molar-refractivity contribution >= 4 is 17.5 Å². The third-order valence-corrected chi connectivity index (χ3v) is 3.79. The van der Waals surface area contributed by atoms with Crippen LogP contribution in [0, 0.1) is 5.92 Å². The molecule has 27 heavy (non-hydrogen) atoms. The van der Waals surface area contributed by atoms with E-state index in [0.29, 0.717) is 40.8 Å². The molecule has 2 rings (SSSR count). The molecule has 0 atom stereocenters. The van der Waals surface area contributed by atoms with Crippen LogP contribution in [0.4, 0.5) is 5.69 Å². The summed E-state index contributed by atoms with van der Waals surface area (Å²) in [4.78, 5) is 25.9. The number of rotatable bonds is 7. The Morgan fingerprint density at radius 3 is 2.19 bits per heavy atom. The zero-order chi connectivity index (χ0) is 20.0. The van der Waals surface area contributed by atoms with Crippen LogP contribution in [0.2, 0.25) is 0 Å². The van der Waals surface area contributed by atoms with Gasteiger partial charge in [0.15, 0.2) is 11.5 Å². The Kier molecular flexibility index (Phi) is 6.82. The number of hydrogen-bond acceptors (Lipinski definition) is 4. The van der Waals surface area contributed by atoms with Gasteiger partial charge in [0.25, 0.3) is 11.8 Å². The standard InChI is InChI=1S/C21H26N2O4/c1-14(2)13-27-18-11-8-16(12-19(18)26-5)20(24)22-17-9-6-15(7-10-17)21(25)23(3)4/h6-12,14H,13H2,1-5H3,(H,22,24). The highest BCUT2D eigenvalue weighted by Gasteiger charge is 2.13. The number of nitrogens with zero attached hydrogens (tertiary/aromatic N) is 1. The lowest BCUT2D eigenvalue weighted by Crippen LogP contribution is -2.21. The summed E-state index contributed by atoms with van der Waals surface area (Å²) in [5, 5.41) is 2.81. The summed E-state index contributed by atoms with van der Waals surface area (Å²) >= 11 is 0. The van der Waals surface area contributed by atoms with E-state index in [1.165, 1.54) is 4.90 Å². The van der Waals surface area contributed by atoms with Gasteiger partial charge in [-0.05, 0) is 48.4 Å². The minimum absolute atomic E-state index is 0.0883. The van der Waals surface area contributed by atoms with Crippen LogP contribution in [0.15, 0.2) is 42.5 Å². The van der Waals surface area contributed by atoms with Gasteiger partial charge in [0.2, 0.25) is 0 Å². The highest BCUT2D eigenvalue weighted by atomic mass is 16.5. The maximum absolute atomic E-state index is 12.5. The Labute approximate surface area is 160 Å². The first-order valence-electron chi connectivity index (χ1n) is 8.75. The van der Waals surface area contributed by atoms with Gasteiger partial charge < -0.3 is 19.7 Å². The van der Waals surface area contributed by atoms with E-state index in [0.717, 1.165) is 0 Å². The van der Waals surface area contributed by atoms with Gasteiger partial charge in [-0.15, -0.1) is 0 Å². The van der Waals surface area contributed by atoms with Crippen molar-refractivity contribution in [2.75, 3.05) is 33.1 Å². The van der Waals surface area contributed by atoms with Crippen molar-refractivity contribution in [3.63, 3.8) is 0 Å². The van der Waals surface area contributed by atoms with E-state index in [1.807, 2.05) is 0 Å². The lowest BCUT2D eigenvalue weighted by Gasteiger charge is -2.14. The first-order valence-corrected chi connectivity index (χ1v) is 8.75. The first kappa shape index (κ1) is 20.3. The SMILES string of the molecule is COc1cc(C(=O)Nc2ccc(C(=O)N(C)C)cc2)ccc1OCC(C)C. The molecule has 0 aliphatic heterocycles. The number of carbonyl (C=O) groups excluding carboxylic acids is 2. The van der Waals surface area contributed by atoms with Crippen molar-refractivity contribution in [2.45, 2.75) is 13.8 Å². The van der Waals surface area contributed by atoms with Gasteiger partial charge in [-0.3, -0.25) is 9.59 Å². The molecule has 0 radical (unpaired) electrons. The lowest BCUT2D eigenvalue weighted by atomic mass is 10.1. The molecule has 2 aromatic rings. The van der Waals surface area contributed by atoms with Crippen molar-refractivity contribution in [2.24, 2.45) is 5.92 Å². The maximum atomic E-state index is 12.5. The van der Waals surface area contributed by atoms with Gasteiger partial charge in [-0.25, -0.2) is 0 Å².